The van der Waals surface area contributed by atoms with Crippen LogP contribution in [-0.2, 0) is 6.54 Å². The second-order valence-electron chi connectivity index (χ2n) is 9.43. The van der Waals surface area contributed by atoms with Gasteiger partial charge >= 0.3 is 6.18 Å². The third-order valence-corrected chi connectivity index (χ3v) is 6.23. The molecule has 0 amide bonds. The lowest BCUT2D eigenvalue weighted by Gasteiger charge is -2.46. The van der Waals surface area contributed by atoms with Crippen LogP contribution < -0.4 is 21.1 Å². The topological polar surface area (TPSA) is 124 Å². The number of hydrogen-bond acceptors (Lipinski definition) is 9. The molecule has 2 atom stereocenters. The zero-order valence-corrected chi connectivity index (χ0v) is 21.3. The van der Waals surface area contributed by atoms with Crippen LogP contribution in [0.2, 0.25) is 0 Å². The number of pyridine rings is 2. The van der Waals surface area contributed by atoms with Gasteiger partial charge in [0.25, 0.3) is 0 Å². The van der Waals surface area contributed by atoms with Crippen LogP contribution in [0, 0.1) is 0 Å². The fraction of sp³-hybridized carbons (Fsp3) is 0.308. The van der Waals surface area contributed by atoms with Gasteiger partial charge in [-0.05, 0) is 49.7 Å². The Morgan fingerprint density at radius 3 is 2.41 bits per heavy atom. The van der Waals surface area contributed by atoms with Gasteiger partial charge in [-0.2, -0.15) is 18.3 Å². The lowest BCUT2D eigenvalue weighted by atomic mass is 10.1. The molecule has 1 aliphatic heterocycles. The molecule has 204 valence electrons. The first-order valence-corrected chi connectivity index (χ1v) is 12.3. The summed E-state index contributed by atoms with van der Waals surface area (Å²) in [5.41, 5.74) is 16.4. The summed E-state index contributed by atoms with van der Waals surface area (Å²) in [7, 11) is 0. The van der Waals surface area contributed by atoms with Crippen molar-refractivity contribution in [3.63, 3.8) is 0 Å². The lowest BCUT2D eigenvalue weighted by Crippen LogP contribution is -2.62. The number of benzene rings is 1. The predicted octanol–water partition coefficient (Wildman–Crippen LogP) is 3.60. The van der Waals surface area contributed by atoms with Gasteiger partial charge in [0, 0.05) is 24.4 Å². The molecule has 3 aromatic heterocycles. The Kier molecular flexibility index (Phi) is 7.21. The summed E-state index contributed by atoms with van der Waals surface area (Å²) < 4.78 is 47.8. The van der Waals surface area contributed by atoms with Gasteiger partial charge < -0.3 is 15.4 Å². The number of aromatic nitrogens is 5. The van der Waals surface area contributed by atoms with Gasteiger partial charge in [0.15, 0.2) is 0 Å². The van der Waals surface area contributed by atoms with E-state index in [9.17, 15) is 13.2 Å². The Bertz CT molecular complexity index is 1390. The quantitative estimate of drug-likeness (QED) is 0.363. The third kappa shape index (κ3) is 5.85. The van der Waals surface area contributed by atoms with Gasteiger partial charge in [-0.15, -0.1) is 0 Å². The SMILES string of the molecule is CC(C)Oc1ccc(-c2ccc3c(n2)C(N)N(CC(F)(F)F)C(N)N3Cc2ccc(-n3cncn3)cc2)cn1. The number of hydrogen-bond donors (Lipinski definition) is 2. The van der Waals surface area contributed by atoms with E-state index in [1.54, 1.807) is 46.4 Å². The number of anilines is 1. The maximum Gasteiger partial charge on any atom is 0.401 e. The lowest BCUT2D eigenvalue weighted by molar-refractivity contribution is -0.158. The summed E-state index contributed by atoms with van der Waals surface area (Å²) in [6.45, 7) is 2.74. The average molecular weight is 540 g/mol. The summed E-state index contributed by atoms with van der Waals surface area (Å²) in [5, 5.41) is 4.10. The number of nitrogens with two attached hydrogens (primary N) is 2. The van der Waals surface area contributed by atoms with Crippen LogP contribution in [0.5, 0.6) is 5.88 Å². The van der Waals surface area contributed by atoms with Crippen LogP contribution in [0.25, 0.3) is 16.9 Å². The second-order valence-corrected chi connectivity index (χ2v) is 9.43. The number of alkyl halides is 3. The summed E-state index contributed by atoms with van der Waals surface area (Å²) in [5.74, 6) is 0.465. The van der Waals surface area contributed by atoms with E-state index in [0.717, 1.165) is 16.2 Å². The number of halogens is 3. The molecule has 1 aromatic carbocycles. The highest BCUT2D eigenvalue weighted by molar-refractivity contribution is 5.64. The van der Waals surface area contributed by atoms with Crippen molar-refractivity contribution >= 4 is 5.69 Å². The van der Waals surface area contributed by atoms with Crippen molar-refractivity contribution in [3.8, 4) is 22.8 Å². The molecule has 1 aliphatic rings. The molecule has 0 spiro atoms. The molecule has 0 bridgehead atoms. The van der Waals surface area contributed by atoms with E-state index in [4.69, 9.17) is 16.2 Å². The maximum atomic E-state index is 13.5. The third-order valence-electron chi connectivity index (χ3n) is 6.23. The molecule has 0 saturated heterocycles. The van der Waals surface area contributed by atoms with Crippen molar-refractivity contribution < 1.29 is 17.9 Å². The molecule has 0 aliphatic carbocycles. The molecule has 13 heteroatoms. The van der Waals surface area contributed by atoms with Gasteiger partial charge in [-0.25, -0.2) is 24.5 Å². The molecule has 0 radical (unpaired) electrons. The molecule has 0 fully saturated rings. The molecule has 10 nitrogen and oxygen atoms in total. The number of ether oxygens (including phenoxy) is 1. The Balaban J connectivity index is 1.48. The highest BCUT2D eigenvalue weighted by Gasteiger charge is 2.42. The Morgan fingerprint density at radius 2 is 1.79 bits per heavy atom. The smallest absolute Gasteiger partial charge is 0.401 e. The van der Waals surface area contributed by atoms with E-state index in [2.05, 4.69) is 20.1 Å². The fourth-order valence-corrected chi connectivity index (χ4v) is 4.44. The summed E-state index contributed by atoms with van der Waals surface area (Å²) in [6.07, 6.45) is -2.23. The van der Waals surface area contributed by atoms with Crippen LogP contribution in [-0.4, -0.2) is 54.7 Å². The van der Waals surface area contributed by atoms with Crippen LogP contribution in [0.3, 0.4) is 0 Å². The molecule has 0 saturated carbocycles. The van der Waals surface area contributed by atoms with Crippen LogP contribution in [0.4, 0.5) is 18.9 Å². The minimum Gasteiger partial charge on any atom is -0.475 e. The molecule has 4 N–H and O–H groups in total. The van der Waals surface area contributed by atoms with E-state index < -0.39 is 25.2 Å². The van der Waals surface area contributed by atoms with E-state index in [1.165, 1.54) is 6.33 Å². The first-order chi connectivity index (χ1) is 18.6. The fourth-order valence-electron chi connectivity index (χ4n) is 4.44. The van der Waals surface area contributed by atoms with Crippen LogP contribution in [0.1, 0.15) is 31.3 Å². The van der Waals surface area contributed by atoms with Gasteiger partial charge in [-0.1, -0.05) is 12.1 Å². The maximum absolute atomic E-state index is 13.5. The Morgan fingerprint density at radius 1 is 1.03 bits per heavy atom. The Hall–Kier alpha value is -4.07. The zero-order valence-electron chi connectivity index (χ0n) is 21.3. The summed E-state index contributed by atoms with van der Waals surface area (Å²) >= 11 is 0. The van der Waals surface area contributed by atoms with Crippen molar-refractivity contribution in [1.29, 1.82) is 0 Å². The minimum atomic E-state index is -4.51. The second kappa shape index (κ2) is 10.6. The molecular formula is C26H28F3N9O. The highest BCUT2D eigenvalue weighted by atomic mass is 19.4. The molecule has 2 unspecified atom stereocenters. The standard InChI is InChI=1S/C26H28F3N9O/c1-16(2)39-22-10-5-18(11-33-22)20-8-9-21-23(35-20)24(30)37(13-26(27,28)29)25(31)36(21)12-17-3-6-19(7-4-17)38-15-32-14-34-38/h3-11,14-16,24-25H,12-13,30-31H2,1-2H3. The number of fused-ring (bicyclic) bond motifs is 1. The molecule has 39 heavy (non-hydrogen) atoms. The van der Waals surface area contributed by atoms with Gasteiger partial charge in [-0.3, -0.25) is 5.73 Å². The average Bonchev–Trinajstić information content (AvgIpc) is 3.44. The van der Waals surface area contributed by atoms with E-state index in [1.807, 2.05) is 38.1 Å². The van der Waals surface area contributed by atoms with E-state index in [-0.39, 0.29) is 12.6 Å². The van der Waals surface area contributed by atoms with E-state index >= 15 is 0 Å². The Labute approximate surface area is 223 Å². The summed E-state index contributed by atoms with van der Waals surface area (Å²) in [6, 6.07) is 14.5. The highest BCUT2D eigenvalue weighted by Crippen LogP contribution is 2.38. The first kappa shape index (κ1) is 26.5. The molecule has 4 heterocycles. The van der Waals surface area contributed by atoms with Crippen LogP contribution >= 0.6 is 0 Å². The monoisotopic (exact) mass is 539 g/mol. The van der Waals surface area contributed by atoms with Crippen molar-refractivity contribution in [2.45, 2.75) is 45.1 Å². The predicted molar refractivity (Wildman–Crippen MR) is 138 cm³/mol. The first-order valence-electron chi connectivity index (χ1n) is 12.3. The number of rotatable bonds is 7. The van der Waals surface area contributed by atoms with Gasteiger partial charge in [0.1, 0.15) is 25.1 Å². The van der Waals surface area contributed by atoms with Crippen molar-refractivity contribution in [2.24, 2.45) is 11.5 Å². The largest absolute Gasteiger partial charge is 0.475 e. The van der Waals surface area contributed by atoms with Crippen molar-refractivity contribution in [1.82, 2.24) is 29.6 Å². The van der Waals surface area contributed by atoms with E-state index in [0.29, 0.717) is 28.5 Å². The molecule has 4 aromatic rings. The minimum absolute atomic E-state index is 0.0307. The van der Waals surface area contributed by atoms with Crippen LogP contribution in [0.15, 0.2) is 67.4 Å². The van der Waals surface area contributed by atoms with Crippen molar-refractivity contribution in [2.75, 3.05) is 11.4 Å². The summed E-state index contributed by atoms with van der Waals surface area (Å²) in [4.78, 5) is 15.6. The molecular weight excluding hydrogens is 511 g/mol. The zero-order chi connectivity index (χ0) is 27.7. The van der Waals surface area contributed by atoms with Crippen molar-refractivity contribution in [3.05, 3.63) is 78.6 Å². The molecule has 5 rings (SSSR count). The number of nitrogens with zero attached hydrogens (tertiary/aromatic N) is 7. The normalized spacial score (nSPS) is 17.9. The van der Waals surface area contributed by atoms with Gasteiger partial charge in [0.2, 0.25) is 5.88 Å². The van der Waals surface area contributed by atoms with Gasteiger partial charge in [0.05, 0.1) is 35.4 Å².